The molecular formula is C20H33N3O2. The van der Waals surface area contributed by atoms with Crippen molar-refractivity contribution in [3.8, 4) is 5.75 Å². The molecule has 2 heterocycles. The number of anilines is 1. The Labute approximate surface area is 152 Å². The van der Waals surface area contributed by atoms with E-state index in [0.717, 1.165) is 58.2 Å². The highest BCUT2D eigenvalue weighted by Gasteiger charge is 2.34. The number of piperazine rings is 1. The zero-order valence-corrected chi connectivity index (χ0v) is 16.2. The van der Waals surface area contributed by atoms with Crippen LogP contribution in [0.15, 0.2) is 24.3 Å². The minimum atomic E-state index is 0.185. The average molecular weight is 348 g/mol. The highest BCUT2D eigenvalue weighted by Crippen LogP contribution is 2.30. The summed E-state index contributed by atoms with van der Waals surface area (Å²) in [6, 6.07) is 8.87. The maximum atomic E-state index is 5.55. The molecule has 5 nitrogen and oxygen atoms in total. The van der Waals surface area contributed by atoms with Gasteiger partial charge in [-0.2, -0.15) is 0 Å². The van der Waals surface area contributed by atoms with Gasteiger partial charge in [0.1, 0.15) is 5.75 Å². The maximum Gasteiger partial charge on any atom is 0.142 e. The van der Waals surface area contributed by atoms with E-state index in [9.17, 15) is 0 Å². The van der Waals surface area contributed by atoms with Crippen LogP contribution in [0.5, 0.6) is 5.75 Å². The number of nitrogens with zero attached hydrogens (tertiary/aromatic N) is 3. The number of hydrogen-bond donors (Lipinski definition) is 0. The predicted molar refractivity (Wildman–Crippen MR) is 103 cm³/mol. The lowest BCUT2D eigenvalue weighted by Gasteiger charge is -2.48. The second kappa shape index (κ2) is 7.94. The number of rotatable bonds is 5. The standard InChI is InChI=1S/C20H33N3O2/c1-17-15-21(18-7-5-6-8-19(18)24-4)9-10-22(17)16-20(2,3)23-11-13-25-14-12-23/h5-8,17H,9-16H2,1-4H3/t17-/m1/s1. The molecule has 1 aromatic rings. The number of para-hydroxylation sites is 2. The van der Waals surface area contributed by atoms with Gasteiger partial charge in [-0.05, 0) is 32.9 Å². The lowest BCUT2D eigenvalue weighted by Crippen LogP contribution is -2.60. The van der Waals surface area contributed by atoms with Crippen molar-refractivity contribution in [2.75, 3.05) is 64.5 Å². The van der Waals surface area contributed by atoms with Crippen LogP contribution in [0.25, 0.3) is 0 Å². The molecule has 0 unspecified atom stereocenters. The molecule has 2 aliphatic heterocycles. The molecule has 0 radical (unpaired) electrons. The zero-order valence-electron chi connectivity index (χ0n) is 16.2. The van der Waals surface area contributed by atoms with Crippen LogP contribution in [0.2, 0.25) is 0 Å². The van der Waals surface area contributed by atoms with Gasteiger partial charge in [-0.25, -0.2) is 0 Å². The van der Waals surface area contributed by atoms with Gasteiger partial charge in [0.2, 0.25) is 0 Å². The van der Waals surface area contributed by atoms with Gasteiger partial charge in [-0.15, -0.1) is 0 Å². The monoisotopic (exact) mass is 347 g/mol. The molecule has 0 bridgehead atoms. The van der Waals surface area contributed by atoms with Gasteiger partial charge in [0.25, 0.3) is 0 Å². The van der Waals surface area contributed by atoms with Crippen molar-refractivity contribution >= 4 is 5.69 Å². The maximum absolute atomic E-state index is 5.55. The number of ether oxygens (including phenoxy) is 2. The Morgan fingerprint density at radius 3 is 2.52 bits per heavy atom. The van der Waals surface area contributed by atoms with Crippen molar-refractivity contribution in [2.24, 2.45) is 0 Å². The summed E-state index contributed by atoms with van der Waals surface area (Å²) in [5.41, 5.74) is 1.40. The van der Waals surface area contributed by atoms with Crippen LogP contribution >= 0.6 is 0 Å². The Balaban J connectivity index is 1.61. The summed E-state index contributed by atoms with van der Waals surface area (Å²) < 4.78 is 11.1. The Morgan fingerprint density at radius 1 is 1.12 bits per heavy atom. The Morgan fingerprint density at radius 2 is 1.84 bits per heavy atom. The third-order valence-electron chi connectivity index (χ3n) is 5.65. The van der Waals surface area contributed by atoms with Gasteiger partial charge >= 0.3 is 0 Å². The van der Waals surface area contributed by atoms with E-state index in [1.807, 2.05) is 12.1 Å². The highest BCUT2D eigenvalue weighted by molar-refractivity contribution is 5.58. The quantitative estimate of drug-likeness (QED) is 0.815. The van der Waals surface area contributed by atoms with E-state index >= 15 is 0 Å². The second-order valence-corrected chi connectivity index (χ2v) is 7.85. The molecule has 3 rings (SSSR count). The number of methoxy groups -OCH3 is 1. The summed E-state index contributed by atoms with van der Waals surface area (Å²) in [7, 11) is 1.75. The van der Waals surface area contributed by atoms with Gasteiger partial charge in [0.15, 0.2) is 0 Å². The van der Waals surface area contributed by atoms with Crippen LogP contribution < -0.4 is 9.64 Å². The first kappa shape index (κ1) is 18.5. The van der Waals surface area contributed by atoms with E-state index in [4.69, 9.17) is 9.47 Å². The number of hydrogen-bond acceptors (Lipinski definition) is 5. The molecule has 0 spiro atoms. The fourth-order valence-corrected chi connectivity index (χ4v) is 4.11. The van der Waals surface area contributed by atoms with E-state index < -0.39 is 0 Å². The molecule has 2 saturated heterocycles. The van der Waals surface area contributed by atoms with Crippen LogP contribution in [0.3, 0.4) is 0 Å². The fraction of sp³-hybridized carbons (Fsp3) is 0.700. The second-order valence-electron chi connectivity index (χ2n) is 7.85. The molecule has 1 atom stereocenters. The molecule has 25 heavy (non-hydrogen) atoms. The molecule has 2 aliphatic rings. The van der Waals surface area contributed by atoms with Gasteiger partial charge in [-0.1, -0.05) is 12.1 Å². The Kier molecular flexibility index (Phi) is 5.87. The average Bonchev–Trinajstić information content (AvgIpc) is 2.64. The van der Waals surface area contributed by atoms with Crippen molar-refractivity contribution in [3.05, 3.63) is 24.3 Å². The molecule has 5 heteroatoms. The van der Waals surface area contributed by atoms with Crippen LogP contribution in [0.1, 0.15) is 20.8 Å². The van der Waals surface area contributed by atoms with Gasteiger partial charge in [-0.3, -0.25) is 9.80 Å². The van der Waals surface area contributed by atoms with E-state index in [2.05, 4.69) is 47.6 Å². The van der Waals surface area contributed by atoms with Crippen molar-refractivity contribution < 1.29 is 9.47 Å². The third-order valence-corrected chi connectivity index (χ3v) is 5.65. The van der Waals surface area contributed by atoms with E-state index in [0.29, 0.717) is 6.04 Å². The number of morpholine rings is 1. The lowest BCUT2D eigenvalue weighted by atomic mass is 9.99. The molecule has 2 fully saturated rings. The molecule has 0 amide bonds. The highest BCUT2D eigenvalue weighted by atomic mass is 16.5. The molecule has 0 N–H and O–H groups in total. The van der Waals surface area contributed by atoms with Gasteiger partial charge in [0, 0.05) is 50.8 Å². The summed E-state index contributed by atoms with van der Waals surface area (Å²) >= 11 is 0. The molecule has 1 aromatic carbocycles. The first-order valence-electron chi connectivity index (χ1n) is 9.46. The Bertz CT molecular complexity index is 558. The summed E-state index contributed by atoms with van der Waals surface area (Å²) in [5.74, 6) is 0.969. The fourth-order valence-electron chi connectivity index (χ4n) is 4.11. The minimum absolute atomic E-state index is 0.185. The van der Waals surface area contributed by atoms with E-state index in [1.54, 1.807) is 7.11 Å². The van der Waals surface area contributed by atoms with Gasteiger partial charge in [0.05, 0.1) is 26.0 Å². The number of benzene rings is 1. The van der Waals surface area contributed by atoms with Crippen LogP contribution in [0, 0.1) is 0 Å². The van der Waals surface area contributed by atoms with E-state index in [-0.39, 0.29) is 5.54 Å². The van der Waals surface area contributed by atoms with Crippen molar-refractivity contribution in [3.63, 3.8) is 0 Å². The van der Waals surface area contributed by atoms with Crippen molar-refractivity contribution in [1.29, 1.82) is 0 Å². The summed E-state index contributed by atoms with van der Waals surface area (Å²) in [5, 5.41) is 0. The third kappa shape index (κ3) is 4.27. The lowest BCUT2D eigenvalue weighted by molar-refractivity contribution is -0.0264. The van der Waals surface area contributed by atoms with Gasteiger partial charge < -0.3 is 14.4 Å². The van der Waals surface area contributed by atoms with Crippen LogP contribution in [-0.4, -0.2) is 81.0 Å². The first-order chi connectivity index (χ1) is 12.0. The molecule has 0 saturated carbocycles. The summed E-state index contributed by atoms with van der Waals surface area (Å²) in [6.07, 6.45) is 0. The Hall–Kier alpha value is -1.30. The van der Waals surface area contributed by atoms with Crippen LogP contribution in [0.4, 0.5) is 5.69 Å². The molecular weight excluding hydrogens is 314 g/mol. The van der Waals surface area contributed by atoms with Crippen LogP contribution in [-0.2, 0) is 4.74 Å². The smallest absolute Gasteiger partial charge is 0.142 e. The predicted octanol–water partition coefficient (Wildman–Crippen LogP) is 2.32. The normalized spacial score (nSPS) is 23.7. The summed E-state index contributed by atoms with van der Waals surface area (Å²) in [6.45, 7) is 15.2. The van der Waals surface area contributed by atoms with E-state index in [1.165, 1.54) is 5.69 Å². The SMILES string of the molecule is COc1ccccc1N1CCN(CC(C)(C)N2CCOCC2)[C@H](C)C1. The zero-order chi connectivity index (χ0) is 17.9. The topological polar surface area (TPSA) is 28.2 Å². The van der Waals surface area contributed by atoms with Crippen molar-refractivity contribution in [1.82, 2.24) is 9.80 Å². The van der Waals surface area contributed by atoms with Crippen molar-refractivity contribution in [2.45, 2.75) is 32.4 Å². The molecule has 0 aromatic heterocycles. The minimum Gasteiger partial charge on any atom is -0.495 e. The molecule has 0 aliphatic carbocycles. The molecule has 140 valence electrons. The summed E-state index contributed by atoms with van der Waals surface area (Å²) in [4.78, 5) is 7.68. The first-order valence-corrected chi connectivity index (χ1v) is 9.46. The largest absolute Gasteiger partial charge is 0.495 e.